The van der Waals surface area contributed by atoms with Crippen molar-refractivity contribution < 1.29 is 39.4 Å². The minimum absolute atomic E-state index is 0.595. The Morgan fingerprint density at radius 1 is 1.31 bits per heavy atom. The molecule has 1 saturated heterocycles. The molecule has 1 heterocycles. The predicted molar refractivity (Wildman–Crippen MR) is 47.3 cm³/mol. The van der Waals surface area contributed by atoms with Gasteiger partial charge in [0, 0.05) is 0 Å². The van der Waals surface area contributed by atoms with Crippen molar-refractivity contribution in [2.75, 3.05) is 13.7 Å². The number of aliphatic hydroxyl groups is 4. The lowest BCUT2D eigenvalue weighted by Crippen LogP contribution is -2.59. The quantitative estimate of drug-likeness (QED) is 0.391. The number of carbonyl (C=O) groups excluding carboxylic acids is 1. The fourth-order valence-corrected chi connectivity index (χ4v) is 1.37. The van der Waals surface area contributed by atoms with Crippen LogP contribution in [0.15, 0.2) is 0 Å². The molecule has 1 aliphatic rings. The van der Waals surface area contributed by atoms with Gasteiger partial charge < -0.3 is 34.6 Å². The molecule has 5 atom stereocenters. The van der Waals surface area contributed by atoms with Crippen LogP contribution < -0.4 is 0 Å². The molecule has 0 radical (unpaired) electrons. The van der Waals surface area contributed by atoms with Crippen LogP contribution in [-0.4, -0.2) is 71.0 Å². The van der Waals surface area contributed by atoms with Crippen molar-refractivity contribution in [3.63, 3.8) is 0 Å². The smallest absolute Gasteiger partial charge is 0.438 e. The van der Waals surface area contributed by atoms with Crippen molar-refractivity contribution in [1.29, 1.82) is 0 Å². The van der Waals surface area contributed by atoms with Gasteiger partial charge in [-0.3, -0.25) is 0 Å². The highest BCUT2D eigenvalue weighted by atomic mass is 16.7. The van der Waals surface area contributed by atoms with Crippen LogP contribution in [0.4, 0.5) is 4.79 Å². The summed E-state index contributed by atoms with van der Waals surface area (Å²) in [6, 6.07) is 0. The number of rotatable bonds is 2. The van der Waals surface area contributed by atoms with Gasteiger partial charge in [-0.05, 0) is 0 Å². The second-order valence-corrected chi connectivity index (χ2v) is 3.27. The summed E-state index contributed by atoms with van der Waals surface area (Å²) in [5, 5.41) is 36.8. The van der Waals surface area contributed by atoms with Crippen LogP contribution >= 0.6 is 0 Å². The molecule has 0 spiro atoms. The van der Waals surface area contributed by atoms with Crippen molar-refractivity contribution in [1.82, 2.24) is 0 Å². The summed E-state index contributed by atoms with van der Waals surface area (Å²) in [4.78, 5) is 10.8. The van der Waals surface area contributed by atoms with Crippen molar-refractivity contribution in [2.45, 2.75) is 30.7 Å². The van der Waals surface area contributed by atoms with E-state index in [4.69, 9.17) is 14.9 Å². The van der Waals surface area contributed by atoms with E-state index in [0.29, 0.717) is 0 Å². The first-order valence-electron chi connectivity index (χ1n) is 4.56. The van der Waals surface area contributed by atoms with Gasteiger partial charge in [-0.1, -0.05) is 0 Å². The summed E-state index contributed by atoms with van der Waals surface area (Å²) >= 11 is 0. The lowest BCUT2D eigenvalue weighted by atomic mass is 9.99. The molecule has 1 aliphatic heterocycles. The average molecular weight is 238 g/mol. The number of aliphatic hydroxyl groups excluding tert-OH is 4. The van der Waals surface area contributed by atoms with E-state index >= 15 is 0 Å². The Morgan fingerprint density at radius 3 is 2.44 bits per heavy atom. The predicted octanol–water partition coefficient (Wildman–Crippen LogP) is -2.43. The van der Waals surface area contributed by atoms with E-state index in [0.717, 1.165) is 7.11 Å². The van der Waals surface area contributed by atoms with Gasteiger partial charge in [0.15, 0.2) is 12.4 Å². The highest BCUT2D eigenvalue weighted by Crippen LogP contribution is 2.22. The minimum atomic E-state index is -1.65. The van der Waals surface area contributed by atoms with Gasteiger partial charge in [0.1, 0.15) is 18.3 Å². The molecular formula is C8H14O8. The molecule has 1 rings (SSSR count). The summed E-state index contributed by atoms with van der Waals surface area (Å²) < 4.78 is 13.5. The molecule has 8 heteroatoms. The third kappa shape index (κ3) is 2.60. The molecular weight excluding hydrogens is 224 g/mol. The van der Waals surface area contributed by atoms with Gasteiger partial charge in [0.05, 0.1) is 13.7 Å². The van der Waals surface area contributed by atoms with E-state index in [-0.39, 0.29) is 0 Å². The maximum absolute atomic E-state index is 10.8. The van der Waals surface area contributed by atoms with Crippen molar-refractivity contribution in [3.8, 4) is 0 Å². The van der Waals surface area contributed by atoms with Gasteiger partial charge in [-0.2, -0.15) is 0 Å². The highest BCUT2D eigenvalue weighted by Gasteiger charge is 2.46. The zero-order valence-electron chi connectivity index (χ0n) is 8.52. The fraction of sp³-hybridized carbons (Fsp3) is 0.875. The van der Waals surface area contributed by atoms with Crippen LogP contribution in [0.1, 0.15) is 0 Å². The number of hydrogen-bond donors (Lipinski definition) is 4. The second-order valence-electron chi connectivity index (χ2n) is 3.27. The zero-order valence-corrected chi connectivity index (χ0v) is 8.52. The third-order valence-corrected chi connectivity index (χ3v) is 2.24. The van der Waals surface area contributed by atoms with Crippen molar-refractivity contribution >= 4 is 6.16 Å². The lowest BCUT2D eigenvalue weighted by molar-refractivity contribution is -0.287. The first kappa shape index (κ1) is 13.1. The monoisotopic (exact) mass is 238 g/mol. The van der Waals surface area contributed by atoms with Gasteiger partial charge in [-0.25, -0.2) is 4.79 Å². The van der Waals surface area contributed by atoms with Crippen LogP contribution in [-0.2, 0) is 14.2 Å². The topological polar surface area (TPSA) is 126 Å². The van der Waals surface area contributed by atoms with Crippen molar-refractivity contribution in [3.05, 3.63) is 0 Å². The summed E-state index contributed by atoms with van der Waals surface area (Å²) in [5.74, 6) is 0. The molecule has 8 nitrogen and oxygen atoms in total. The maximum atomic E-state index is 10.8. The summed E-state index contributed by atoms with van der Waals surface area (Å²) in [6.07, 6.45) is -8.37. The average Bonchev–Trinajstić information content (AvgIpc) is 2.29. The van der Waals surface area contributed by atoms with Gasteiger partial charge >= 0.3 is 6.16 Å². The lowest BCUT2D eigenvalue weighted by Gasteiger charge is -2.39. The normalized spacial score (nSPS) is 39.2. The SMILES string of the molecule is COC(=O)O[C@H]1[C@H](O)[C@@H](O)[C@H](O)O[C@@H]1CO. The third-order valence-electron chi connectivity index (χ3n) is 2.24. The van der Waals surface area contributed by atoms with E-state index < -0.39 is 43.5 Å². The standard InChI is InChI=1S/C8H14O8/c1-14-8(13)16-6-3(2-9)15-7(12)5(11)4(6)10/h3-7,9-12H,2H2,1H3/t3-,4-,5-,6-,7-/m1/s1. The van der Waals surface area contributed by atoms with Gasteiger partial charge in [-0.15, -0.1) is 0 Å². The number of carbonyl (C=O) groups is 1. The largest absolute Gasteiger partial charge is 0.508 e. The summed E-state index contributed by atoms with van der Waals surface area (Å²) in [6.45, 7) is -0.595. The Balaban J connectivity index is 2.73. The highest BCUT2D eigenvalue weighted by molar-refractivity contribution is 5.60. The maximum Gasteiger partial charge on any atom is 0.508 e. The molecule has 4 N–H and O–H groups in total. The molecule has 94 valence electrons. The van der Waals surface area contributed by atoms with E-state index in [9.17, 15) is 15.0 Å². The Kier molecular flexibility index (Phi) is 4.44. The molecule has 0 aromatic rings. The molecule has 0 unspecified atom stereocenters. The molecule has 0 aliphatic carbocycles. The molecule has 0 amide bonds. The number of ether oxygens (including phenoxy) is 3. The second kappa shape index (κ2) is 5.41. The molecule has 0 saturated carbocycles. The molecule has 1 fully saturated rings. The Labute approximate surface area is 91.0 Å². The van der Waals surface area contributed by atoms with Gasteiger partial charge in [0.25, 0.3) is 0 Å². The van der Waals surface area contributed by atoms with E-state index in [1.165, 1.54) is 0 Å². The first-order chi connectivity index (χ1) is 7.51. The van der Waals surface area contributed by atoms with Gasteiger partial charge in [0.2, 0.25) is 0 Å². The molecule has 0 aromatic heterocycles. The van der Waals surface area contributed by atoms with Crippen LogP contribution in [0.3, 0.4) is 0 Å². The Hall–Kier alpha value is -0.930. The Morgan fingerprint density at radius 2 is 1.94 bits per heavy atom. The van der Waals surface area contributed by atoms with Crippen LogP contribution in [0.2, 0.25) is 0 Å². The molecule has 0 aromatic carbocycles. The van der Waals surface area contributed by atoms with Crippen LogP contribution in [0.25, 0.3) is 0 Å². The van der Waals surface area contributed by atoms with Crippen molar-refractivity contribution in [2.24, 2.45) is 0 Å². The molecule has 0 bridgehead atoms. The number of methoxy groups -OCH3 is 1. The van der Waals surface area contributed by atoms with E-state index in [2.05, 4.69) is 9.47 Å². The first-order valence-corrected chi connectivity index (χ1v) is 4.56. The van der Waals surface area contributed by atoms with E-state index in [1.54, 1.807) is 0 Å². The molecule has 16 heavy (non-hydrogen) atoms. The van der Waals surface area contributed by atoms with Crippen LogP contribution in [0, 0.1) is 0 Å². The summed E-state index contributed by atoms with van der Waals surface area (Å²) in [5.41, 5.74) is 0. The van der Waals surface area contributed by atoms with Crippen LogP contribution in [0.5, 0.6) is 0 Å². The van der Waals surface area contributed by atoms with E-state index in [1.807, 2.05) is 0 Å². The Bertz CT molecular complexity index is 242. The summed E-state index contributed by atoms with van der Waals surface area (Å²) in [7, 11) is 1.07. The zero-order chi connectivity index (χ0) is 12.3. The fourth-order valence-electron chi connectivity index (χ4n) is 1.37. The number of hydrogen-bond acceptors (Lipinski definition) is 8. The minimum Gasteiger partial charge on any atom is -0.438 e.